The van der Waals surface area contributed by atoms with Crippen molar-refractivity contribution in [1.82, 2.24) is 5.32 Å². The Labute approximate surface area is 118 Å². The Morgan fingerprint density at radius 3 is 2.67 bits per heavy atom. The van der Waals surface area contributed by atoms with Gasteiger partial charge in [0.1, 0.15) is 0 Å². The van der Waals surface area contributed by atoms with Crippen molar-refractivity contribution < 1.29 is 5.11 Å². The molecular weight excluding hydrogens is 290 g/mol. The van der Waals surface area contributed by atoms with E-state index in [-0.39, 0.29) is 12.6 Å². The number of hydrogen-bond acceptors (Lipinski definition) is 2. The largest absolute Gasteiger partial charge is 0.394 e. The molecule has 0 amide bonds. The van der Waals surface area contributed by atoms with Gasteiger partial charge in [-0.1, -0.05) is 47.3 Å². The van der Waals surface area contributed by atoms with Gasteiger partial charge >= 0.3 is 0 Å². The van der Waals surface area contributed by atoms with Crippen molar-refractivity contribution in [3.63, 3.8) is 0 Å². The molecule has 1 aliphatic carbocycles. The summed E-state index contributed by atoms with van der Waals surface area (Å²) in [4.78, 5) is 0. The Hall–Kier alpha value is -0.380. The molecule has 1 atom stereocenters. The SMILES string of the molecule is Cc1ccc(C(CO)NC2CCCCC2)c(Br)c1. The van der Waals surface area contributed by atoms with E-state index in [1.807, 2.05) is 0 Å². The maximum Gasteiger partial charge on any atom is 0.0627 e. The molecule has 0 aromatic heterocycles. The molecule has 1 aromatic rings. The van der Waals surface area contributed by atoms with Crippen LogP contribution in [0.25, 0.3) is 0 Å². The molecule has 2 rings (SSSR count). The van der Waals surface area contributed by atoms with Crippen LogP contribution in [-0.4, -0.2) is 17.8 Å². The van der Waals surface area contributed by atoms with E-state index in [0.717, 1.165) is 10.0 Å². The summed E-state index contributed by atoms with van der Waals surface area (Å²) in [5, 5.41) is 13.2. The third-order valence-electron chi connectivity index (χ3n) is 3.76. The van der Waals surface area contributed by atoms with Gasteiger partial charge in [-0.15, -0.1) is 0 Å². The number of aryl methyl sites for hydroxylation is 1. The van der Waals surface area contributed by atoms with E-state index in [2.05, 4.69) is 46.4 Å². The fraction of sp³-hybridized carbons (Fsp3) is 0.600. The monoisotopic (exact) mass is 311 g/mol. The molecule has 1 unspecified atom stereocenters. The van der Waals surface area contributed by atoms with Crippen molar-refractivity contribution in [2.45, 2.75) is 51.1 Å². The zero-order valence-corrected chi connectivity index (χ0v) is 12.5. The minimum Gasteiger partial charge on any atom is -0.394 e. The molecule has 100 valence electrons. The summed E-state index contributed by atoms with van der Waals surface area (Å²) in [5.41, 5.74) is 2.40. The number of nitrogens with one attached hydrogen (secondary N) is 1. The number of benzene rings is 1. The van der Waals surface area contributed by atoms with Crippen molar-refractivity contribution in [1.29, 1.82) is 0 Å². The van der Waals surface area contributed by atoms with Gasteiger partial charge in [0, 0.05) is 10.5 Å². The van der Waals surface area contributed by atoms with Gasteiger partial charge in [0.2, 0.25) is 0 Å². The highest BCUT2D eigenvalue weighted by molar-refractivity contribution is 9.10. The maximum absolute atomic E-state index is 9.62. The van der Waals surface area contributed by atoms with Crippen molar-refractivity contribution in [2.24, 2.45) is 0 Å². The lowest BCUT2D eigenvalue weighted by atomic mass is 9.94. The van der Waals surface area contributed by atoms with Crippen LogP contribution in [0.5, 0.6) is 0 Å². The third kappa shape index (κ3) is 3.56. The highest BCUT2D eigenvalue weighted by atomic mass is 79.9. The average Bonchev–Trinajstić information content (AvgIpc) is 2.38. The molecule has 0 radical (unpaired) electrons. The van der Waals surface area contributed by atoms with E-state index < -0.39 is 0 Å². The predicted molar refractivity (Wildman–Crippen MR) is 78.7 cm³/mol. The van der Waals surface area contributed by atoms with Gasteiger partial charge in [-0.3, -0.25) is 0 Å². The van der Waals surface area contributed by atoms with Crippen LogP contribution in [0.15, 0.2) is 22.7 Å². The number of aliphatic hydroxyl groups is 1. The molecule has 2 N–H and O–H groups in total. The Morgan fingerprint density at radius 1 is 1.33 bits per heavy atom. The predicted octanol–water partition coefficient (Wildman–Crippen LogP) is 3.71. The molecule has 3 heteroatoms. The van der Waals surface area contributed by atoms with Gasteiger partial charge in [0.25, 0.3) is 0 Å². The van der Waals surface area contributed by atoms with Gasteiger partial charge in [-0.05, 0) is 37.0 Å². The van der Waals surface area contributed by atoms with Crippen molar-refractivity contribution >= 4 is 15.9 Å². The molecule has 0 aliphatic heterocycles. The molecule has 1 fully saturated rings. The van der Waals surface area contributed by atoms with Crippen molar-refractivity contribution in [3.8, 4) is 0 Å². The lowest BCUT2D eigenvalue weighted by molar-refractivity contribution is 0.220. The topological polar surface area (TPSA) is 32.3 Å². The summed E-state index contributed by atoms with van der Waals surface area (Å²) >= 11 is 3.60. The first-order valence-corrected chi connectivity index (χ1v) is 7.63. The first-order valence-electron chi connectivity index (χ1n) is 6.83. The van der Waals surface area contributed by atoms with Gasteiger partial charge in [-0.25, -0.2) is 0 Å². The zero-order chi connectivity index (χ0) is 13.0. The number of rotatable bonds is 4. The van der Waals surface area contributed by atoms with E-state index in [9.17, 15) is 5.11 Å². The normalized spacial score (nSPS) is 18.8. The number of hydrogen-bond donors (Lipinski definition) is 2. The second-order valence-electron chi connectivity index (χ2n) is 5.26. The summed E-state index contributed by atoms with van der Waals surface area (Å²) in [6.07, 6.45) is 6.45. The molecular formula is C15H22BrNO. The first kappa shape index (κ1) is 14.0. The summed E-state index contributed by atoms with van der Waals surface area (Å²) in [7, 11) is 0. The maximum atomic E-state index is 9.62. The van der Waals surface area contributed by atoms with Crippen LogP contribution in [0.3, 0.4) is 0 Å². The van der Waals surface area contributed by atoms with E-state index in [1.54, 1.807) is 0 Å². The molecule has 2 nitrogen and oxygen atoms in total. The number of aliphatic hydroxyl groups excluding tert-OH is 1. The van der Waals surface area contributed by atoms with E-state index in [0.29, 0.717) is 6.04 Å². The van der Waals surface area contributed by atoms with Gasteiger partial charge in [0.05, 0.1) is 12.6 Å². The highest BCUT2D eigenvalue weighted by Gasteiger charge is 2.20. The minimum absolute atomic E-state index is 0.0445. The number of halogens is 1. The standard InChI is InChI=1S/C15H22BrNO/c1-11-7-8-13(14(16)9-11)15(10-18)17-12-5-3-2-4-6-12/h7-9,12,15,17-18H,2-6,10H2,1H3. The van der Waals surface area contributed by atoms with Crippen LogP contribution in [0.4, 0.5) is 0 Å². The highest BCUT2D eigenvalue weighted by Crippen LogP contribution is 2.27. The Bertz CT molecular complexity index is 388. The fourth-order valence-electron chi connectivity index (χ4n) is 2.71. The molecule has 0 saturated heterocycles. The third-order valence-corrected chi connectivity index (χ3v) is 4.44. The van der Waals surface area contributed by atoms with Crippen LogP contribution in [0.2, 0.25) is 0 Å². The molecule has 18 heavy (non-hydrogen) atoms. The summed E-state index contributed by atoms with van der Waals surface area (Å²) in [6, 6.07) is 6.93. The Morgan fingerprint density at radius 2 is 2.06 bits per heavy atom. The zero-order valence-electron chi connectivity index (χ0n) is 11.0. The second kappa shape index (κ2) is 6.69. The fourth-order valence-corrected chi connectivity index (χ4v) is 3.48. The van der Waals surface area contributed by atoms with E-state index in [4.69, 9.17) is 0 Å². The first-order chi connectivity index (χ1) is 8.70. The summed E-state index contributed by atoms with van der Waals surface area (Å²) in [5.74, 6) is 0. The van der Waals surface area contributed by atoms with Crippen LogP contribution >= 0.6 is 15.9 Å². The Balaban J connectivity index is 2.07. The van der Waals surface area contributed by atoms with Gasteiger partial charge in [0.15, 0.2) is 0 Å². The van der Waals surface area contributed by atoms with Crippen LogP contribution < -0.4 is 5.32 Å². The smallest absolute Gasteiger partial charge is 0.0627 e. The van der Waals surface area contributed by atoms with Crippen LogP contribution in [0, 0.1) is 6.92 Å². The van der Waals surface area contributed by atoms with Crippen molar-refractivity contribution in [3.05, 3.63) is 33.8 Å². The van der Waals surface area contributed by atoms with Gasteiger partial charge < -0.3 is 10.4 Å². The molecule has 0 heterocycles. The molecule has 0 bridgehead atoms. The van der Waals surface area contributed by atoms with E-state index in [1.165, 1.54) is 37.7 Å². The lowest BCUT2D eigenvalue weighted by Gasteiger charge is -2.28. The molecule has 0 spiro atoms. The second-order valence-corrected chi connectivity index (χ2v) is 6.12. The van der Waals surface area contributed by atoms with Crippen LogP contribution in [0.1, 0.15) is 49.3 Å². The molecule has 1 aliphatic rings. The Kier molecular flexibility index (Phi) is 5.22. The van der Waals surface area contributed by atoms with Gasteiger partial charge in [-0.2, -0.15) is 0 Å². The summed E-state index contributed by atoms with van der Waals surface area (Å²) in [6.45, 7) is 2.23. The average molecular weight is 312 g/mol. The lowest BCUT2D eigenvalue weighted by Crippen LogP contribution is -2.36. The summed E-state index contributed by atoms with van der Waals surface area (Å²) < 4.78 is 1.09. The molecule has 1 saturated carbocycles. The van der Waals surface area contributed by atoms with Crippen LogP contribution in [-0.2, 0) is 0 Å². The minimum atomic E-state index is 0.0445. The van der Waals surface area contributed by atoms with E-state index >= 15 is 0 Å². The van der Waals surface area contributed by atoms with Crippen molar-refractivity contribution in [2.75, 3.05) is 6.61 Å². The quantitative estimate of drug-likeness (QED) is 0.888. The molecule has 1 aromatic carbocycles.